The number of hydrogen-bond acceptors (Lipinski definition) is 5. The van der Waals surface area contributed by atoms with Crippen LogP contribution < -0.4 is 14.8 Å². The molecular formula is C20H21Cl2NO5. The second-order valence-electron chi connectivity index (χ2n) is 5.79. The van der Waals surface area contributed by atoms with Crippen molar-refractivity contribution in [1.82, 2.24) is 5.32 Å². The summed E-state index contributed by atoms with van der Waals surface area (Å²) < 4.78 is 15.8. The van der Waals surface area contributed by atoms with Gasteiger partial charge in [0.2, 0.25) is 0 Å². The predicted molar refractivity (Wildman–Crippen MR) is 107 cm³/mol. The first-order valence-electron chi connectivity index (χ1n) is 8.65. The number of halogens is 2. The van der Waals surface area contributed by atoms with Crippen LogP contribution >= 0.6 is 23.2 Å². The SMILES string of the molecule is CCOc1ccccc1OCC(=O)OCC(=O)NC(C)c1ccc(Cl)c(Cl)c1. The number of para-hydroxylation sites is 2. The lowest BCUT2D eigenvalue weighted by atomic mass is 10.1. The number of esters is 1. The first-order valence-corrected chi connectivity index (χ1v) is 9.40. The molecule has 0 radical (unpaired) electrons. The van der Waals surface area contributed by atoms with Gasteiger partial charge in [-0.2, -0.15) is 0 Å². The molecule has 0 bridgehead atoms. The summed E-state index contributed by atoms with van der Waals surface area (Å²) >= 11 is 11.9. The van der Waals surface area contributed by atoms with Gasteiger partial charge in [-0.25, -0.2) is 4.79 Å². The summed E-state index contributed by atoms with van der Waals surface area (Å²) in [6.07, 6.45) is 0. The molecule has 8 heteroatoms. The van der Waals surface area contributed by atoms with Crippen molar-refractivity contribution in [3.63, 3.8) is 0 Å². The van der Waals surface area contributed by atoms with E-state index in [9.17, 15) is 9.59 Å². The van der Waals surface area contributed by atoms with Crippen molar-refractivity contribution < 1.29 is 23.8 Å². The Hall–Kier alpha value is -2.44. The normalized spacial score (nSPS) is 11.4. The molecule has 150 valence electrons. The van der Waals surface area contributed by atoms with Gasteiger partial charge in [0.25, 0.3) is 5.91 Å². The average Bonchev–Trinajstić information content (AvgIpc) is 2.68. The summed E-state index contributed by atoms with van der Waals surface area (Å²) in [6, 6.07) is 11.7. The Labute approximate surface area is 173 Å². The van der Waals surface area contributed by atoms with Gasteiger partial charge in [0.15, 0.2) is 24.7 Å². The van der Waals surface area contributed by atoms with E-state index in [1.807, 2.05) is 6.92 Å². The van der Waals surface area contributed by atoms with Gasteiger partial charge < -0.3 is 19.5 Å². The largest absolute Gasteiger partial charge is 0.490 e. The molecular weight excluding hydrogens is 405 g/mol. The van der Waals surface area contributed by atoms with Crippen molar-refractivity contribution in [2.45, 2.75) is 19.9 Å². The number of benzene rings is 2. The minimum absolute atomic E-state index is 0.324. The Balaban J connectivity index is 1.77. The molecule has 1 N–H and O–H groups in total. The zero-order chi connectivity index (χ0) is 20.5. The van der Waals surface area contributed by atoms with Crippen molar-refractivity contribution >= 4 is 35.1 Å². The maximum Gasteiger partial charge on any atom is 0.344 e. The van der Waals surface area contributed by atoms with Crippen LogP contribution in [0.4, 0.5) is 0 Å². The molecule has 0 aliphatic carbocycles. The van der Waals surface area contributed by atoms with E-state index < -0.39 is 18.5 Å². The maximum atomic E-state index is 12.0. The molecule has 0 saturated carbocycles. The second kappa shape index (κ2) is 10.8. The van der Waals surface area contributed by atoms with Crippen LogP contribution in [0.5, 0.6) is 11.5 Å². The first kappa shape index (κ1) is 21.9. The quantitative estimate of drug-likeness (QED) is 0.609. The summed E-state index contributed by atoms with van der Waals surface area (Å²) in [5, 5.41) is 3.55. The van der Waals surface area contributed by atoms with Crippen LogP contribution in [-0.4, -0.2) is 31.7 Å². The third-order valence-electron chi connectivity index (χ3n) is 3.68. The van der Waals surface area contributed by atoms with Gasteiger partial charge >= 0.3 is 5.97 Å². The van der Waals surface area contributed by atoms with Crippen LogP contribution in [-0.2, 0) is 14.3 Å². The molecule has 6 nitrogen and oxygen atoms in total. The van der Waals surface area contributed by atoms with Gasteiger partial charge in [0.05, 0.1) is 22.7 Å². The molecule has 2 rings (SSSR count). The van der Waals surface area contributed by atoms with Crippen LogP contribution in [0.15, 0.2) is 42.5 Å². The first-order chi connectivity index (χ1) is 13.4. The molecule has 0 aliphatic heterocycles. The number of carbonyl (C=O) groups excluding carboxylic acids is 2. The number of rotatable bonds is 9. The van der Waals surface area contributed by atoms with Crippen LogP contribution in [0.25, 0.3) is 0 Å². The highest BCUT2D eigenvalue weighted by Crippen LogP contribution is 2.26. The molecule has 0 fully saturated rings. The molecule has 1 atom stereocenters. The van der Waals surface area contributed by atoms with Crippen molar-refractivity contribution in [2.24, 2.45) is 0 Å². The third-order valence-corrected chi connectivity index (χ3v) is 4.42. The van der Waals surface area contributed by atoms with Crippen molar-refractivity contribution in [1.29, 1.82) is 0 Å². The minimum atomic E-state index is -0.663. The Morgan fingerprint density at radius 3 is 2.32 bits per heavy atom. The monoisotopic (exact) mass is 425 g/mol. The fourth-order valence-corrected chi connectivity index (χ4v) is 2.62. The number of nitrogens with one attached hydrogen (secondary N) is 1. The van der Waals surface area contributed by atoms with Crippen LogP contribution in [0.1, 0.15) is 25.5 Å². The zero-order valence-corrected chi connectivity index (χ0v) is 17.0. The van der Waals surface area contributed by atoms with Crippen LogP contribution in [0.3, 0.4) is 0 Å². The fraction of sp³-hybridized carbons (Fsp3) is 0.300. The molecule has 0 saturated heterocycles. The lowest BCUT2D eigenvalue weighted by molar-refractivity contribution is -0.150. The molecule has 28 heavy (non-hydrogen) atoms. The minimum Gasteiger partial charge on any atom is -0.490 e. The molecule has 0 heterocycles. The molecule has 2 aromatic carbocycles. The fourth-order valence-electron chi connectivity index (χ4n) is 2.32. The lowest BCUT2D eigenvalue weighted by Crippen LogP contribution is -2.32. The molecule has 2 aromatic rings. The number of ether oxygens (including phenoxy) is 3. The lowest BCUT2D eigenvalue weighted by Gasteiger charge is -2.15. The summed E-state index contributed by atoms with van der Waals surface area (Å²) in [5.74, 6) is -0.143. The van der Waals surface area contributed by atoms with E-state index in [2.05, 4.69) is 5.32 Å². The molecule has 0 spiro atoms. The van der Waals surface area contributed by atoms with Crippen molar-refractivity contribution in [2.75, 3.05) is 19.8 Å². The van der Waals surface area contributed by atoms with E-state index in [4.69, 9.17) is 37.4 Å². The van der Waals surface area contributed by atoms with Gasteiger partial charge in [0, 0.05) is 0 Å². The molecule has 0 aliphatic rings. The molecule has 1 unspecified atom stereocenters. The van der Waals surface area contributed by atoms with E-state index in [0.29, 0.717) is 28.2 Å². The molecule has 1 amide bonds. The van der Waals surface area contributed by atoms with Gasteiger partial charge in [-0.1, -0.05) is 41.4 Å². The summed E-state index contributed by atoms with van der Waals surface area (Å²) in [7, 11) is 0. The van der Waals surface area contributed by atoms with Crippen molar-refractivity contribution in [3.05, 3.63) is 58.1 Å². The zero-order valence-electron chi connectivity index (χ0n) is 15.5. The number of amides is 1. The topological polar surface area (TPSA) is 73.9 Å². The van der Waals surface area contributed by atoms with Crippen LogP contribution in [0, 0.1) is 0 Å². The maximum absolute atomic E-state index is 12.0. The Morgan fingerprint density at radius 1 is 1.00 bits per heavy atom. The molecule has 0 aromatic heterocycles. The highest BCUT2D eigenvalue weighted by Gasteiger charge is 2.14. The summed E-state index contributed by atoms with van der Waals surface area (Å²) in [5.41, 5.74) is 0.782. The second-order valence-corrected chi connectivity index (χ2v) is 6.61. The predicted octanol–water partition coefficient (Wildman–Crippen LogP) is 4.19. The Bertz CT molecular complexity index is 828. The Morgan fingerprint density at radius 2 is 1.68 bits per heavy atom. The van der Waals surface area contributed by atoms with E-state index in [1.54, 1.807) is 49.4 Å². The van der Waals surface area contributed by atoms with Gasteiger partial charge in [-0.05, 0) is 43.7 Å². The highest BCUT2D eigenvalue weighted by molar-refractivity contribution is 6.42. The highest BCUT2D eigenvalue weighted by atomic mass is 35.5. The van der Waals surface area contributed by atoms with Gasteiger partial charge in [-0.3, -0.25) is 4.79 Å². The number of carbonyl (C=O) groups is 2. The summed E-state index contributed by atoms with van der Waals surface area (Å²) in [6.45, 7) is 3.36. The average molecular weight is 426 g/mol. The van der Waals surface area contributed by atoms with E-state index >= 15 is 0 Å². The van der Waals surface area contributed by atoms with Crippen molar-refractivity contribution in [3.8, 4) is 11.5 Å². The standard InChI is InChI=1S/C20H21Cl2NO5/c1-3-26-17-6-4-5-7-18(17)27-12-20(25)28-11-19(24)23-13(2)14-8-9-15(21)16(22)10-14/h4-10,13H,3,11-12H2,1-2H3,(H,23,24). The Kier molecular flexibility index (Phi) is 8.42. The number of hydrogen-bond donors (Lipinski definition) is 1. The third kappa shape index (κ3) is 6.62. The van der Waals surface area contributed by atoms with E-state index in [0.717, 1.165) is 5.56 Å². The van der Waals surface area contributed by atoms with Gasteiger partial charge in [-0.15, -0.1) is 0 Å². The van der Waals surface area contributed by atoms with E-state index in [-0.39, 0.29) is 12.6 Å². The van der Waals surface area contributed by atoms with E-state index in [1.165, 1.54) is 0 Å². The van der Waals surface area contributed by atoms with Crippen LogP contribution in [0.2, 0.25) is 10.0 Å². The summed E-state index contributed by atoms with van der Waals surface area (Å²) in [4.78, 5) is 23.8. The smallest absolute Gasteiger partial charge is 0.344 e. The van der Waals surface area contributed by atoms with Gasteiger partial charge in [0.1, 0.15) is 0 Å².